The molecule has 0 aliphatic carbocycles. The van der Waals surface area contributed by atoms with Crippen molar-refractivity contribution in [3.8, 4) is 0 Å². The van der Waals surface area contributed by atoms with Crippen LogP contribution in [0.1, 0.15) is 18.4 Å². The fourth-order valence-electron chi connectivity index (χ4n) is 3.42. The Morgan fingerprint density at radius 2 is 1.96 bits per heavy atom. The Morgan fingerprint density at radius 3 is 2.58 bits per heavy atom. The third kappa shape index (κ3) is 4.41. The normalized spacial score (nSPS) is 24.4. The number of hydrogen-bond donors (Lipinski definition) is 1. The van der Waals surface area contributed by atoms with E-state index >= 15 is 0 Å². The maximum atomic E-state index is 12.3. The molecule has 2 saturated heterocycles. The van der Waals surface area contributed by atoms with Gasteiger partial charge in [-0.2, -0.15) is 13.2 Å². The number of nitrogens with one attached hydrogen (secondary N) is 1. The smallest absolute Gasteiger partial charge is 0.381 e. The van der Waals surface area contributed by atoms with Gasteiger partial charge in [0.2, 0.25) is 0 Å². The number of nitrogens with zero attached hydrogens (tertiary/aromatic N) is 1. The van der Waals surface area contributed by atoms with Crippen LogP contribution in [0.25, 0.3) is 0 Å². The van der Waals surface area contributed by atoms with Crippen LogP contribution in [0.15, 0.2) is 24.3 Å². The van der Waals surface area contributed by atoms with Crippen LogP contribution in [0.4, 0.5) is 23.7 Å². The predicted molar refractivity (Wildman–Crippen MR) is 83.8 cm³/mol. The first-order valence-corrected chi connectivity index (χ1v) is 8.20. The van der Waals surface area contributed by atoms with Gasteiger partial charge < -0.3 is 15.0 Å². The maximum absolute atomic E-state index is 12.3. The number of anilines is 1. The van der Waals surface area contributed by atoms with Crippen molar-refractivity contribution in [3.05, 3.63) is 29.8 Å². The molecule has 132 valence electrons. The van der Waals surface area contributed by atoms with E-state index in [1.54, 1.807) is 4.90 Å². The van der Waals surface area contributed by atoms with Gasteiger partial charge in [0.15, 0.2) is 0 Å². The van der Waals surface area contributed by atoms with Crippen molar-refractivity contribution in [2.45, 2.75) is 25.4 Å². The van der Waals surface area contributed by atoms with Crippen LogP contribution in [-0.4, -0.2) is 43.4 Å². The number of likely N-dealkylation sites (tertiary alicyclic amines) is 1. The Kier molecular flexibility index (Phi) is 4.99. The van der Waals surface area contributed by atoms with Gasteiger partial charge in [0.1, 0.15) is 0 Å². The molecule has 2 heterocycles. The van der Waals surface area contributed by atoms with Crippen LogP contribution in [0.2, 0.25) is 0 Å². The van der Waals surface area contributed by atoms with Crippen LogP contribution in [0.5, 0.6) is 0 Å². The molecule has 0 aromatic heterocycles. The lowest BCUT2D eigenvalue weighted by atomic mass is 9.91. The fourth-order valence-corrected chi connectivity index (χ4v) is 3.42. The highest BCUT2D eigenvalue weighted by Crippen LogP contribution is 2.30. The summed E-state index contributed by atoms with van der Waals surface area (Å²) in [4.78, 5) is 14.1. The molecule has 0 bridgehead atoms. The van der Waals surface area contributed by atoms with Crippen molar-refractivity contribution in [2.24, 2.45) is 11.8 Å². The first kappa shape index (κ1) is 17.1. The lowest BCUT2D eigenvalue weighted by Crippen LogP contribution is -2.33. The summed E-state index contributed by atoms with van der Waals surface area (Å²) in [5.41, 5.74) is 0.696. The van der Waals surface area contributed by atoms with Crippen LogP contribution < -0.4 is 5.32 Å². The first-order chi connectivity index (χ1) is 11.4. The molecule has 0 spiro atoms. The molecule has 0 radical (unpaired) electrons. The van der Waals surface area contributed by atoms with Gasteiger partial charge in [0.25, 0.3) is 0 Å². The Labute approximate surface area is 139 Å². The highest BCUT2D eigenvalue weighted by Gasteiger charge is 2.33. The molecule has 2 amide bonds. The van der Waals surface area contributed by atoms with Crippen molar-refractivity contribution < 1.29 is 22.7 Å². The second-order valence-electron chi connectivity index (χ2n) is 6.54. The summed E-state index contributed by atoms with van der Waals surface area (Å²) in [6.45, 7) is 3.00. The summed E-state index contributed by atoms with van der Waals surface area (Å²) in [6, 6.07) is 5.62. The van der Waals surface area contributed by atoms with Gasteiger partial charge in [-0.3, -0.25) is 0 Å². The molecule has 4 nitrogen and oxygen atoms in total. The number of hydrogen-bond acceptors (Lipinski definition) is 2. The van der Waals surface area contributed by atoms with E-state index in [1.165, 1.54) is 24.3 Å². The van der Waals surface area contributed by atoms with Crippen molar-refractivity contribution in [1.29, 1.82) is 0 Å². The van der Waals surface area contributed by atoms with Crippen molar-refractivity contribution >= 4 is 11.7 Å². The molecule has 24 heavy (non-hydrogen) atoms. The molecular weight excluding hydrogens is 321 g/mol. The summed E-state index contributed by atoms with van der Waals surface area (Å²) in [5.74, 6) is 1.01. The number of benzene rings is 1. The van der Waals surface area contributed by atoms with Crippen LogP contribution in [-0.2, 0) is 11.2 Å². The monoisotopic (exact) mass is 342 g/mol. The van der Waals surface area contributed by atoms with E-state index in [1.807, 2.05) is 0 Å². The molecule has 1 N–H and O–H groups in total. The summed E-state index contributed by atoms with van der Waals surface area (Å²) >= 11 is 0. The minimum Gasteiger partial charge on any atom is -0.381 e. The number of rotatable bonds is 3. The van der Waals surface area contributed by atoms with Crippen LogP contribution in [0, 0.1) is 11.8 Å². The number of carbonyl (C=O) groups excluding carboxylic acids is 1. The molecule has 2 atom stereocenters. The minimum absolute atomic E-state index is 0.183. The minimum atomic E-state index is -4.22. The van der Waals surface area contributed by atoms with Gasteiger partial charge >= 0.3 is 12.2 Å². The van der Waals surface area contributed by atoms with Crippen molar-refractivity contribution in [1.82, 2.24) is 4.90 Å². The lowest BCUT2D eigenvalue weighted by Gasteiger charge is -2.19. The summed E-state index contributed by atoms with van der Waals surface area (Å²) in [7, 11) is 0. The zero-order valence-corrected chi connectivity index (χ0v) is 13.3. The standard InChI is InChI=1S/C17H21F3N2O2/c18-17(19,20)9-12-1-3-15(4-2-12)21-16(23)22-7-5-13(10-22)14-6-8-24-11-14/h1-4,13-14H,5-11H2,(H,21,23)/t13-,14+/m1/s1. The van der Waals surface area contributed by atoms with E-state index in [-0.39, 0.29) is 11.6 Å². The number of ether oxygens (including phenoxy) is 1. The van der Waals surface area contributed by atoms with Gasteiger partial charge in [0, 0.05) is 32.0 Å². The molecule has 2 fully saturated rings. The molecular formula is C17H21F3N2O2. The number of urea groups is 1. The van der Waals surface area contributed by atoms with Gasteiger partial charge in [-0.05, 0) is 42.4 Å². The Hall–Kier alpha value is -1.76. The lowest BCUT2D eigenvalue weighted by molar-refractivity contribution is -0.127. The number of carbonyl (C=O) groups is 1. The van der Waals surface area contributed by atoms with E-state index in [2.05, 4.69) is 5.32 Å². The second-order valence-corrected chi connectivity index (χ2v) is 6.54. The van der Waals surface area contributed by atoms with E-state index < -0.39 is 12.6 Å². The highest BCUT2D eigenvalue weighted by atomic mass is 19.4. The third-order valence-corrected chi connectivity index (χ3v) is 4.75. The molecule has 2 aliphatic rings. The second kappa shape index (κ2) is 7.01. The highest BCUT2D eigenvalue weighted by molar-refractivity contribution is 5.89. The third-order valence-electron chi connectivity index (χ3n) is 4.75. The quantitative estimate of drug-likeness (QED) is 0.910. The van der Waals surface area contributed by atoms with Crippen LogP contribution in [0.3, 0.4) is 0 Å². The zero-order chi connectivity index (χ0) is 17.2. The topological polar surface area (TPSA) is 41.6 Å². The van der Waals surface area contributed by atoms with Gasteiger partial charge in [-0.1, -0.05) is 12.1 Å². The summed E-state index contributed by atoms with van der Waals surface area (Å²) in [6.07, 6.45) is -3.15. The van der Waals surface area contributed by atoms with Gasteiger partial charge in [-0.25, -0.2) is 4.79 Å². The summed E-state index contributed by atoms with van der Waals surface area (Å²) < 4.78 is 42.4. The van der Waals surface area contributed by atoms with E-state index in [9.17, 15) is 18.0 Å². The van der Waals surface area contributed by atoms with Gasteiger partial charge in [-0.15, -0.1) is 0 Å². The van der Waals surface area contributed by atoms with Crippen molar-refractivity contribution in [2.75, 3.05) is 31.6 Å². The molecule has 1 aromatic rings. The fraction of sp³-hybridized carbons (Fsp3) is 0.588. The Balaban J connectivity index is 1.51. The average molecular weight is 342 g/mol. The van der Waals surface area contributed by atoms with Crippen LogP contribution >= 0.6 is 0 Å². The molecule has 0 unspecified atom stereocenters. The maximum Gasteiger partial charge on any atom is 0.393 e. The first-order valence-electron chi connectivity index (χ1n) is 8.20. The SMILES string of the molecule is O=C(Nc1ccc(CC(F)(F)F)cc1)N1CC[C@@H]([C@H]2CCOC2)C1. The predicted octanol–water partition coefficient (Wildman–Crippen LogP) is 3.68. The number of halogens is 3. The van der Waals surface area contributed by atoms with E-state index in [0.717, 1.165) is 26.1 Å². The molecule has 7 heteroatoms. The van der Waals surface area contributed by atoms with E-state index in [4.69, 9.17) is 4.74 Å². The van der Waals surface area contributed by atoms with Gasteiger partial charge in [0.05, 0.1) is 6.42 Å². The molecule has 0 saturated carbocycles. The summed E-state index contributed by atoms with van der Waals surface area (Å²) in [5, 5.41) is 2.76. The van der Waals surface area contributed by atoms with Crippen molar-refractivity contribution in [3.63, 3.8) is 0 Å². The Bertz CT molecular complexity index is 568. The number of alkyl halides is 3. The molecule has 1 aromatic carbocycles. The largest absolute Gasteiger partial charge is 0.393 e. The number of amides is 2. The molecule has 3 rings (SSSR count). The molecule has 2 aliphatic heterocycles. The zero-order valence-electron chi connectivity index (χ0n) is 13.3. The Morgan fingerprint density at radius 1 is 1.21 bits per heavy atom. The average Bonchev–Trinajstić information content (AvgIpc) is 3.18. The van der Waals surface area contributed by atoms with E-state index in [0.29, 0.717) is 30.6 Å².